The van der Waals surface area contributed by atoms with Gasteiger partial charge in [-0.3, -0.25) is 4.79 Å². The summed E-state index contributed by atoms with van der Waals surface area (Å²) in [6.07, 6.45) is 0.415. The number of ether oxygens (including phenoxy) is 2. The number of nitrogens with zero attached hydrogens (tertiary/aromatic N) is 2. The van der Waals surface area contributed by atoms with E-state index in [0.717, 1.165) is 6.07 Å². The summed E-state index contributed by atoms with van der Waals surface area (Å²) in [5.41, 5.74) is 6.04. The molecule has 2 aliphatic rings. The lowest BCUT2D eigenvalue weighted by atomic mass is 10.1. The van der Waals surface area contributed by atoms with E-state index in [9.17, 15) is 14.0 Å². The number of halogens is 1. The molecule has 138 valence electrons. The number of fused-ring (bicyclic) bond motifs is 5. The van der Waals surface area contributed by atoms with Crippen molar-refractivity contribution in [2.75, 3.05) is 18.1 Å². The van der Waals surface area contributed by atoms with Crippen LogP contribution in [0.3, 0.4) is 0 Å². The normalized spacial score (nSPS) is 21.3. The lowest BCUT2D eigenvalue weighted by molar-refractivity contribution is 0.144. The van der Waals surface area contributed by atoms with E-state index >= 15 is 0 Å². The zero-order valence-corrected chi connectivity index (χ0v) is 14.1. The van der Waals surface area contributed by atoms with Gasteiger partial charge in [-0.2, -0.15) is 0 Å². The maximum atomic E-state index is 14.9. The number of hydrogen-bond acceptors (Lipinski definition) is 6. The van der Waals surface area contributed by atoms with E-state index in [1.165, 1.54) is 6.20 Å². The quantitative estimate of drug-likeness (QED) is 0.779. The maximum absolute atomic E-state index is 14.9. The second kappa shape index (κ2) is 5.87. The molecule has 0 bridgehead atoms. The van der Waals surface area contributed by atoms with Crippen LogP contribution in [0.25, 0.3) is 10.9 Å². The van der Waals surface area contributed by atoms with Gasteiger partial charge in [0.25, 0.3) is 0 Å². The Morgan fingerprint density at radius 1 is 1.54 bits per heavy atom. The van der Waals surface area contributed by atoms with Crippen molar-refractivity contribution < 1.29 is 23.8 Å². The van der Waals surface area contributed by atoms with Crippen LogP contribution in [0, 0.1) is 5.82 Å². The number of hydrogen-bond donors (Lipinski definition) is 2. The van der Waals surface area contributed by atoms with Crippen molar-refractivity contribution in [1.82, 2.24) is 4.57 Å². The molecule has 1 unspecified atom stereocenters. The lowest BCUT2D eigenvalue weighted by Crippen LogP contribution is -2.39. The summed E-state index contributed by atoms with van der Waals surface area (Å²) in [5.74, 6) is -0.687. The molecule has 8 nitrogen and oxygen atoms in total. The molecule has 2 aromatic rings. The summed E-state index contributed by atoms with van der Waals surface area (Å²) in [6.45, 7) is 3.10. The zero-order chi connectivity index (χ0) is 18.6. The Bertz CT molecular complexity index is 973. The summed E-state index contributed by atoms with van der Waals surface area (Å²) in [5, 5.41) is 8.83. The van der Waals surface area contributed by atoms with Crippen molar-refractivity contribution >= 4 is 22.7 Å². The van der Waals surface area contributed by atoms with Crippen molar-refractivity contribution in [3.05, 3.63) is 28.3 Å². The molecule has 0 spiro atoms. The summed E-state index contributed by atoms with van der Waals surface area (Å²) in [6, 6.07) is 1.05. The third kappa shape index (κ3) is 2.38. The number of aromatic nitrogens is 1. The minimum Gasteiger partial charge on any atom is -0.487 e. The molecule has 26 heavy (non-hydrogen) atoms. The molecule has 0 amide bonds. The number of carboxylic acid groups (broad SMARTS) is 1. The van der Waals surface area contributed by atoms with Gasteiger partial charge in [0.15, 0.2) is 17.3 Å². The van der Waals surface area contributed by atoms with E-state index in [1.54, 1.807) is 4.57 Å². The molecule has 2 aliphatic heterocycles. The van der Waals surface area contributed by atoms with Crippen molar-refractivity contribution in [1.29, 1.82) is 0 Å². The molecule has 4 rings (SSSR count). The fraction of sp³-hybridized carbons (Fsp3) is 0.412. The van der Waals surface area contributed by atoms with Crippen LogP contribution < -0.4 is 25.5 Å². The summed E-state index contributed by atoms with van der Waals surface area (Å²) in [4.78, 5) is 25.3. The molecule has 2 atom stereocenters. The zero-order valence-electron chi connectivity index (χ0n) is 14.1. The van der Waals surface area contributed by atoms with Crippen LogP contribution in [-0.4, -0.2) is 41.1 Å². The average Bonchev–Trinajstić information content (AvgIpc) is 2.97. The number of benzene rings is 1. The monoisotopic (exact) mass is 363 g/mol. The van der Waals surface area contributed by atoms with Crippen LogP contribution >= 0.6 is 0 Å². The molecular formula is C17H18FN3O5. The molecular weight excluding hydrogens is 345 g/mol. The molecule has 3 N–H and O–H groups in total. The summed E-state index contributed by atoms with van der Waals surface area (Å²) < 4.78 is 26.9. The van der Waals surface area contributed by atoms with Crippen LogP contribution in [0.2, 0.25) is 0 Å². The Labute approximate surface area is 147 Å². The Morgan fingerprint density at radius 3 is 3.00 bits per heavy atom. The van der Waals surface area contributed by atoms with Gasteiger partial charge in [-0.25, -0.2) is 9.18 Å². The molecule has 1 aromatic heterocycles. The highest BCUT2D eigenvalue weighted by Crippen LogP contribution is 2.44. The van der Waals surface area contributed by atoms with E-state index in [4.69, 9.17) is 15.6 Å². The van der Waals surface area contributed by atoms with Gasteiger partial charge < -0.3 is 29.8 Å². The van der Waals surface area contributed by atoms with Gasteiger partial charge >= 0.3 is 6.16 Å². The first kappa shape index (κ1) is 16.6. The van der Waals surface area contributed by atoms with Gasteiger partial charge in [-0.05, 0) is 19.4 Å². The van der Waals surface area contributed by atoms with E-state index in [-0.39, 0.29) is 29.0 Å². The van der Waals surface area contributed by atoms with Gasteiger partial charge in [0.2, 0.25) is 5.43 Å². The van der Waals surface area contributed by atoms with E-state index in [1.807, 2.05) is 11.8 Å². The number of pyridine rings is 1. The molecule has 0 saturated carbocycles. The highest BCUT2D eigenvalue weighted by molar-refractivity contribution is 5.93. The van der Waals surface area contributed by atoms with Crippen LogP contribution in [0.1, 0.15) is 13.3 Å². The minimum absolute atomic E-state index is 0.000801. The predicted molar refractivity (Wildman–Crippen MR) is 91.7 cm³/mol. The fourth-order valence-corrected chi connectivity index (χ4v) is 3.85. The third-order valence-corrected chi connectivity index (χ3v) is 4.90. The number of aryl methyl sites for hydroxylation is 1. The van der Waals surface area contributed by atoms with Gasteiger partial charge in [0.05, 0.1) is 23.1 Å². The Kier molecular flexibility index (Phi) is 3.76. The van der Waals surface area contributed by atoms with Gasteiger partial charge in [0.1, 0.15) is 12.3 Å². The van der Waals surface area contributed by atoms with Crippen molar-refractivity contribution in [3.63, 3.8) is 0 Å². The van der Waals surface area contributed by atoms with Gasteiger partial charge in [-0.15, -0.1) is 0 Å². The Hall–Kier alpha value is -2.81. The highest BCUT2D eigenvalue weighted by atomic mass is 19.1. The topological polar surface area (TPSA) is 107 Å². The van der Waals surface area contributed by atoms with Gasteiger partial charge in [0, 0.05) is 19.1 Å². The van der Waals surface area contributed by atoms with Crippen LogP contribution in [0.4, 0.5) is 14.9 Å². The smallest absolute Gasteiger partial charge is 0.487 e. The molecule has 1 aromatic carbocycles. The number of nitrogens with two attached hydrogens (primary N) is 1. The molecule has 3 heterocycles. The van der Waals surface area contributed by atoms with E-state index in [2.05, 4.69) is 4.74 Å². The second-order valence-corrected chi connectivity index (χ2v) is 6.52. The van der Waals surface area contributed by atoms with Crippen molar-refractivity contribution in [2.24, 2.45) is 5.73 Å². The number of anilines is 1. The first-order valence-corrected chi connectivity index (χ1v) is 8.36. The molecule has 1 fully saturated rings. The molecule has 0 radical (unpaired) electrons. The van der Waals surface area contributed by atoms with Crippen LogP contribution in [0.15, 0.2) is 17.1 Å². The summed E-state index contributed by atoms with van der Waals surface area (Å²) in [7, 11) is 0. The number of carbonyl (C=O) groups is 1. The molecule has 1 saturated heterocycles. The maximum Gasteiger partial charge on any atom is 0.511 e. The van der Waals surface area contributed by atoms with Gasteiger partial charge in [-0.1, -0.05) is 0 Å². The fourth-order valence-electron chi connectivity index (χ4n) is 3.85. The first-order chi connectivity index (χ1) is 12.4. The third-order valence-electron chi connectivity index (χ3n) is 4.90. The SMILES string of the molecule is CCn1cc(OC(=O)O)c(=O)c2cc(F)c3c(c21)OC[C@@H]1CC(N)CN31. The number of rotatable bonds is 2. The largest absolute Gasteiger partial charge is 0.511 e. The summed E-state index contributed by atoms with van der Waals surface area (Å²) >= 11 is 0. The van der Waals surface area contributed by atoms with Crippen molar-refractivity contribution in [2.45, 2.75) is 32.0 Å². The second-order valence-electron chi connectivity index (χ2n) is 6.52. The van der Waals surface area contributed by atoms with E-state index < -0.39 is 17.4 Å². The van der Waals surface area contributed by atoms with Crippen molar-refractivity contribution in [3.8, 4) is 11.5 Å². The first-order valence-electron chi connectivity index (χ1n) is 8.36. The molecule has 9 heteroatoms. The molecule has 0 aliphatic carbocycles. The van der Waals surface area contributed by atoms with Crippen LogP contribution in [-0.2, 0) is 6.54 Å². The Balaban J connectivity index is 2.00. The minimum atomic E-state index is -1.60. The van der Waals surface area contributed by atoms with Crippen LogP contribution in [0.5, 0.6) is 11.5 Å². The standard InChI is InChI=1S/C17H18FN3O5/c1-2-20-6-12(26-17(23)24)15(22)10-4-11(18)14-16(13(10)20)25-7-9-3-8(19)5-21(9)14/h4,6,8-9H,2-3,5,7,19H2,1H3,(H,23,24)/t8?,9-/m0/s1. The lowest BCUT2D eigenvalue weighted by Gasteiger charge is -2.34. The Morgan fingerprint density at radius 2 is 2.31 bits per heavy atom. The van der Waals surface area contributed by atoms with E-state index in [0.29, 0.717) is 37.3 Å². The predicted octanol–water partition coefficient (Wildman–Crippen LogP) is 1.52. The highest BCUT2D eigenvalue weighted by Gasteiger charge is 2.39. The average molecular weight is 363 g/mol.